The van der Waals surface area contributed by atoms with Crippen LogP contribution in [0.25, 0.3) is 0 Å². The van der Waals surface area contributed by atoms with Crippen molar-refractivity contribution in [2.45, 2.75) is 11.8 Å². The molecule has 2 aromatic carbocycles. The number of hydrazine groups is 1. The second-order valence-electron chi connectivity index (χ2n) is 4.85. The average molecular weight is 404 g/mol. The summed E-state index contributed by atoms with van der Waals surface area (Å²) in [4.78, 5) is 23.6. The molecule has 0 fully saturated rings. The van der Waals surface area contributed by atoms with E-state index in [4.69, 9.17) is 23.2 Å². The summed E-state index contributed by atoms with van der Waals surface area (Å²) in [6, 6.07) is 7.93. The standard InChI is InChI=1S/C14H11Cl2N3O5S/c1-8-12(16)6-9(7-13(8)19(21)22)25(23,24)18-17-14(20)10-4-2-3-5-11(10)15/h2-7,18H,1H3,(H,17,20). The van der Waals surface area contributed by atoms with Crippen LogP contribution < -0.4 is 10.3 Å². The summed E-state index contributed by atoms with van der Waals surface area (Å²) in [7, 11) is -4.29. The molecule has 1 amide bonds. The number of halogens is 2. The van der Waals surface area contributed by atoms with Crippen molar-refractivity contribution in [1.29, 1.82) is 0 Å². The van der Waals surface area contributed by atoms with Crippen LogP contribution in [0.15, 0.2) is 41.3 Å². The zero-order chi connectivity index (χ0) is 18.8. The second kappa shape index (κ2) is 7.36. The Balaban J connectivity index is 2.27. The van der Waals surface area contributed by atoms with Crippen LogP contribution in [0, 0.1) is 17.0 Å². The van der Waals surface area contributed by atoms with Gasteiger partial charge in [-0.05, 0) is 25.1 Å². The van der Waals surface area contributed by atoms with Gasteiger partial charge >= 0.3 is 0 Å². The molecule has 0 saturated carbocycles. The third-order valence-corrected chi connectivity index (χ3v) is 5.16. The number of carbonyl (C=O) groups is 1. The third kappa shape index (κ3) is 4.26. The summed E-state index contributed by atoms with van der Waals surface area (Å²) in [5.41, 5.74) is 1.72. The molecular weight excluding hydrogens is 393 g/mol. The lowest BCUT2D eigenvalue weighted by atomic mass is 10.2. The van der Waals surface area contributed by atoms with Gasteiger partial charge in [0, 0.05) is 11.6 Å². The van der Waals surface area contributed by atoms with Crippen molar-refractivity contribution in [2.75, 3.05) is 0 Å². The first kappa shape index (κ1) is 19.1. The normalized spacial score (nSPS) is 11.2. The van der Waals surface area contributed by atoms with E-state index in [0.29, 0.717) is 0 Å². The van der Waals surface area contributed by atoms with Gasteiger partial charge in [-0.3, -0.25) is 20.3 Å². The molecule has 0 spiro atoms. The van der Waals surface area contributed by atoms with Crippen molar-refractivity contribution >= 4 is 44.8 Å². The maximum Gasteiger partial charge on any atom is 0.275 e. The number of nitro groups is 1. The zero-order valence-electron chi connectivity index (χ0n) is 12.6. The van der Waals surface area contributed by atoms with Gasteiger partial charge < -0.3 is 0 Å². The minimum Gasteiger partial charge on any atom is -0.273 e. The quantitative estimate of drug-likeness (QED) is 0.587. The van der Waals surface area contributed by atoms with Crippen LogP contribution in [0.5, 0.6) is 0 Å². The van der Waals surface area contributed by atoms with Crippen molar-refractivity contribution in [2.24, 2.45) is 0 Å². The summed E-state index contributed by atoms with van der Waals surface area (Å²) < 4.78 is 24.5. The molecule has 0 aliphatic heterocycles. The van der Waals surface area contributed by atoms with Gasteiger partial charge in [0.2, 0.25) is 0 Å². The molecule has 0 saturated heterocycles. The number of hydrogen-bond acceptors (Lipinski definition) is 5. The fourth-order valence-corrected chi connectivity index (χ4v) is 3.26. The van der Waals surface area contributed by atoms with Gasteiger partial charge in [-0.2, -0.15) is 0 Å². The zero-order valence-corrected chi connectivity index (χ0v) is 14.9. The fourth-order valence-electron chi connectivity index (χ4n) is 1.87. The predicted octanol–water partition coefficient (Wildman–Crippen LogP) is 2.83. The number of benzene rings is 2. The Labute approximate surface area is 152 Å². The number of sulfonamides is 1. The first-order valence-corrected chi connectivity index (χ1v) is 8.88. The SMILES string of the molecule is Cc1c(Cl)cc(S(=O)(=O)NNC(=O)c2ccccc2Cl)cc1[N+](=O)[O-]. The van der Waals surface area contributed by atoms with E-state index in [1.165, 1.54) is 19.1 Å². The van der Waals surface area contributed by atoms with Gasteiger partial charge in [0.15, 0.2) is 0 Å². The molecule has 132 valence electrons. The predicted molar refractivity (Wildman–Crippen MR) is 92.1 cm³/mol. The Morgan fingerprint density at radius 2 is 1.80 bits per heavy atom. The largest absolute Gasteiger partial charge is 0.275 e. The maximum atomic E-state index is 12.3. The average Bonchev–Trinajstić information content (AvgIpc) is 2.55. The van der Waals surface area contributed by atoms with E-state index in [2.05, 4.69) is 0 Å². The molecule has 2 rings (SSSR count). The minimum atomic E-state index is -4.29. The lowest BCUT2D eigenvalue weighted by Crippen LogP contribution is -2.41. The smallest absolute Gasteiger partial charge is 0.273 e. The van der Waals surface area contributed by atoms with Gasteiger partial charge in [0.05, 0.1) is 25.4 Å². The summed E-state index contributed by atoms with van der Waals surface area (Å²) in [6.45, 7) is 1.39. The topological polar surface area (TPSA) is 118 Å². The Bertz CT molecular complexity index is 963. The number of carbonyl (C=O) groups excluding carboxylic acids is 1. The van der Waals surface area contributed by atoms with Gasteiger partial charge in [-0.15, -0.1) is 4.83 Å². The van der Waals surface area contributed by atoms with Gasteiger partial charge in [0.25, 0.3) is 21.6 Å². The number of nitro benzene ring substituents is 1. The summed E-state index contributed by atoms with van der Waals surface area (Å²) in [6.07, 6.45) is 0. The Morgan fingerprint density at radius 1 is 1.16 bits per heavy atom. The first-order valence-electron chi connectivity index (χ1n) is 6.64. The van der Waals surface area contributed by atoms with E-state index in [-0.39, 0.29) is 21.2 Å². The number of nitrogens with one attached hydrogen (secondary N) is 2. The molecule has 11 heteroatoms. The number of amides is 1. The maximum absolute atomic E-state index is 12.3. The minimum absolute atomic E-state index is 0.0554. The third-order valence-electron chi connectivity index (χ3n) is 3.21. The van der Waals surface area contributed by atoms with Crippen molar-refractivity contribution in [3.05, 3.63) is 67.7 Å². The molecule has 0 bridgehead atoms. The second-order valence-corrected chi connectivity index (χ2v) is 7.34. The van der Waals surface area contributed by atoms with Crippen LogP contribution in [-0.4, -0.2) is 19.2 Å². The highest BCUT2D eigenvalue weighted by atomic mass is 35.5. The Morgan fingerprint density at radius 3 is 2.40 bits per heavy atom. The van der Waals surface area contributed by atoms with Crippen LogP contribution >= 0.6 is 23.2 Å². The molecule has 0 aliphatic rings. The molecule has 0 aliphatic carbocycles. The molecule has 0 heterocycles. The van der Waals surface area contributed by atoms with E-state index in [9.17, 15) is 23.3 Å². The molecular formula is C14H11Cl2N3O5S. The molecule has 0 unspecified atom stereocenters. The van der Waals surface area contributed by atoms with Crippen LogP contribution in [0.2, 0.25) is 10.0 Å². The van der Waals surface area contributed by atoms with Crippen LogP contribution in [0.4, 0.5) is 5.69 Å². The van der Waals surface area contributed by atoms with E-state index in [1.807, 2.05) is 10.3 Å². The van der Waals surface area contributed by atoms with Crippen molar-refractivity contribution in [3.63, 3.8) is 0 Å². The van der Waals surface area contributed by atoms with Gasteiger partial charge in [-0.1, -0.05) is 35.3 Å². The molecule has 0 radical (unpaired) electrons. The highest BCUT2D eigenvalue weighted by Crippen LogP contribution is 2.29. The van der Waals surface area contributed by atoms with Crippen molar-refractivity contribution < 1.29 is 18.1 Å². The fraction of sp³-hybridized carbons (Fsp3) is 0.0714. The lowest BCUT2D eigenvalue weighted by Gasteiger charge is -2.10. The van der Waals surface area contributed by atoms with E-state index >= 15 is 0 Å². The summed E-state index contributed by atoms with van der Waals surface area (Å²) in [5.74, 6) is -0.790. The highest BCUT2D eigenvalue weighted by molar-refractivity contribution is 7.89. The number of hydrogen-bond donors (Lipinski definition) is 2. The van der Waals surface area contributed by atoms with Gasteiger partial charge in [-0.25, -0.2) is 8.42 Å². The Hall–Kier alpha value is -2.20. The first-order chi connectivity index (χ1) is 11.6. The van der Waals surface area contributed by atoms with Crippen LogP contribution in [0.3, 0.4) is 0 Å². The van der Waals surface area contributed by atoms with Crippen molar-refractivity contribution in [1.82, 2.24) is 10.3 Å². The van der Waals surface area contributed by atoms with Crippen LogP contribution in [0.1, 0.15) is 15.9 Å². The monoisotopic (exact) mass is 403 g/mol. The number of rotatable bonds is 5. The molecule has 0 atom stereocenters. The molecule has 2 aromatic rings. The molecule has 25 heavy (non-hydrogen) atoms. The summed E-state index contributed by atoms with van der Waals surface area (Å²) >= 11 is 11.7. The lowest BCUT2D eigenvalue weighted by molar-refractivity contribution is -0.385. The molecule has 2 N–H and O–H groups in total. The van der Waals surface area contributed by atoms with Crippen LogP contribution in [-0.2, 0) is 10.0 Å². The number of nitrogens with zero attached hydrogens (tertiary/aromatic N) is 1. The van der Waals surface area contributed by atoms with Crippen molar-refractivity contribution in [3.8, 4) is 0 Å². The van der Waals surface area contributed by atoms with E-state index in [1.54, 1.807) is 12.1 Å². The van der Waals surface area contributed by atoms with E-state index in [0.717, 1.165) is 12.1 Å². The van der Waals surface area contributed by atoms with Gasteiger partial charge in [0.1, 0.15) is 0 Å². The Kier molecular flexibility index (Phi) is 5.63. The molecule has 8 nitrogen and oxygen atoms in total. The molecule has 0 aromatic heterocycles. The van der Waals surface area contributed by atoms with E-state index < -0.39 is 31.4 Å². The summed E-state index contributed by atoms with van der Waals surface area (Å²) in [5, 5.41) is 11.0. The highest BCUT2D eigenvalue weighted by Gasteiger charge is 2.23.